The maximum Gasteiger partial charge on any atom is 0.246 e. The number of hydrogen-bond acceptors (Lipinski definition) is 4. The second kappa shape index (κ2) is 8.13. The smallest absolute Gasteiger partial charge is 0.246 e. The number of carbonyl (C=O) groups excluding carboxylic acids is 1. The molecule has 0 bridgehead atoms. The van der Waals surface area contributed by atoms with Crippen LogP contribution in [0.5, 0.6) is 0 Å². The van der Waals surface area contributed by atoms with E-state index in [2.05, 4.69) is 22.8 Å². The standard InChI is InChI=1S/C23H25N3O2S/c27-22(10-9-18-5-4-16-29-18)25-13-11-17(12-14-25)26-20-7-2-1-6-19(20)24-23(26)21-8-3-15-28-21/h1-2,4-7,9-10,16-17,21H,3,8,11-15H2/b10-9+/t21-/m1/s1. The van der Waals surface area contributed by atoms with Gasteiger partial charge in [0, 0.05) is 36.7 Å². The van der Waals surface area contributed by atoms with Crippen LogP contribution < -0.4 is 0 Å². The van der Waals surface area contributed by atoms with Gasteiger partial charge < -0.3 is 14.2 Å². The minimum atomic E-state index is 0.0933. The van der Waals surface area contributed by atoms with E-state index in [1.165, 1.54) is 5.52 Å². The van der Waals surface area contributed by atoms with Crippen molar-refractivity contribution in [1.29, 1.82) is 0 Å². The van der Waals surface area contributed by atoms with E-state index in [0.717, 1.165) is 61.6 Å². The zero-order valence-electron chi connectivity index (χ0n) is 16.4. The SMILES string of the molecule is O=C(/C=C/c1cccs1)N1CCC(n2c([C@H]3CCCO3)nc3ccccc32)CC1. The molecule has 1 amide bonds. The van der Waals surface area contributed by atoms with Gasteiger partial charge >= 0.3 is 0 Å². The van der Waals surface area contributed by atoms with E-state index in [9.17, 15) is 4.79 Å². The van der Waals surface area contributed by atoms with E-state index in [-0.39, 0.29) is 12.0 Å². The molecule has 150 valence electrons. The predicted octanol–water partition coefficient (Wildman–Crippen LogP) is 4.83. The van der Waals surface area contributed by atoms with Crippen LogP contribution in [0.25, 0.3) is 17.1 Å². The Hall–Kier alpha value is -2.44. The zero-order chi connectivity index (χ0) is 19.6. The fourth-order valence-electron chi connectivity index (χ4n) is 4.44. The Kier molecular flexibility index (Phi) is 5.21. The number of ether oxygens (including phenoxy) is 1. The fraction of sp³-hybridized carbons (Fsp3) is 0.391. The van der Waals surface area contributed by atoms with Gasteiger partial charge in [-0.1, -0.05) is 18.2 Å². The summed E-state index contributed by atoms with van der Waals surface area (Å²) in [4.78, 5) is 20.6. The van der Waals surface area contributed by atoms with Gasteiger partial charge in [-0.15, -0.1) is 11.3 Å². The predicted molar refractivity (Wildman–Crippen MR) is 116 cm³/mol. The third-order valence-electron chi connectivity index (χ3n) is 5.92. The number of amides is 1. The average molecular weight is 408 g/mol. The van der Waals surface area contributed by atoms with Crippen LogP contribution in [0.1, 0.15) is 48.5 Å². The molecule has 4 heterocycles. The van der Waals surface area contributed by atoms with Gasteiger partial charge in [-0.25, -0.2) is 4.98 Å². The summed E-state index contributed by atoms with van der Waals surface area (Å²) in [6, 6.07) is 12.7. The molecule has 2 saturated heterocycles. The van der Waals surface area contributed by atoms with Gasteiger partial charge in [-0.05, 0) is 55.3 Å². The number of carbonyl (C=O) groups is 1. The number of fused-ring (bicyclic) bond motifs is 1. The van der Waals surface area contributed by atoms with Crippen molar-refractivity contribution in [3.63, 3.8) is 0 Å². The van der Waals surface area contributed by atoms with Gasteiger partial charge in [0.1, 0.15) is 11.9 Å². The zero-order valence-corrected chi connectivity index (χ0v) is 17.2. The molecule has 0 spiro atoms. The Morgan fingerprint density at radius 1 is 1.14 bits per heavy atom. The van der Waals surface area contributed by atoms with E-state index in [1.807, 2.05) is 34.6 Å². The lowest BCUT2D eigenvalue weighted by Crippen LogP contribution is -2.38. The number of para-hydroxylation sites is 2. The van der Waals surface area contributed by atoms with Crippen LogP contribution in [0.4, 0.5) is 0 Å². The number of thiophene rings is 1. The van der Waals surface area contributed by atoms with Crippen LogP contribution in [0, 0.1) is 0 Å². The number of aromatic nitrogens is 2. The molecule has 6 heteroatoms. The van der Waals surface area contributed by atoms with Crippen LogP contribution >= 0.6 is 11.3 Å². The number of hydrogen-bond donors (Lipinski definition) is 0. The van der Waals surface area contributed by atoms with Crippen LogP contribution in [0.15, 0.2) is 47.9 Å². The number of imidazole rings is 1. The summed E-state index contributed by atoms with van der Waals surface area (Å²) in [5.41, 5.74) is 2.22. The number of nitrogens with zero attached hydrogens (tertiary/aromatic N) is 3. The highest BCUT2D eigenvalue weighted by molar-refractivity contribution is 7.10. The van der Waals surface area contributed by atoms with Crippen LogP contribution in [-0.2, 0) is 9.53 Å². The number of likely N-dealkylation sites (tertiary alicyclic amines) is 1. The molecular weight excluding hydrogens is 382 g/mol. The normalized spacial score (nSPS) is 20.8. The molecule has 0 saturated carbocycles. The van der Waals surface area contributed by atoms with E-state index in [0.29, 0.717) is 6.04 Å². The Bertz CT molecular complexity index is 1010. The van der Waals surface area contributed by atoms with Crippen molar-refractivity contribution < 1.29 is 9.53 Å². The third-order valence-corrected chi connectivity index (χ3v) is 6.75. The van der Waals surface area contributed by atoms with Crippen molar-refractivity contribution in [2.75, 3.05) is 19.7 Å². The molecule has 5 rings (SSSR count). The second-order valence-electron chi connectivity index (χ2n) is 7.74. The van der Waals surface area contributed by atoms with Gasteiger partial charge in [0.15, 0.2) is 0 Å². The summed E-state index contributed by atoms with van der Waals surface area (Å²) in [7, 11) is 0. The Morgan fingerprint density at radius 2 is 2.00 bits per heavy atom. The Labute approximate surface area is 174 Å². The summed E-state index contributed by atoms with van der Waals surface area (Å²) in [6.07, 6.45) is 7.73. The first kappa shape index (κ1) is 18.6. The van der Waals surface area contributed by atoms with Gasteiger partial charge in [0.2, 0.25) is 5.91 Å². The fourth-order valence-corrected chi connectivity index (χ4v) is 5.06. The molecule has 5 nitrogen and oxygen atoms in total. The maximum absolute atomic E-state index is 12.6. The monoisotopic (exact) mass is 407 g/mol. The molecule has 0 unspecified atom stereocenters. The van der Waals surface area contributed by atoms with E-state index in [1.54, 1.807) is 17.4 Å². The van der Waals surface area contributed by atoms with Gasteiger partial charge in [0.25, 0.3) is 0 Å². The first-order chi connectivity index (χ1) is 14.3. The van der Waals surface area contributed by atoms with E-state index in [4.69, 9.17) is 9.72 Å². The van der Waals surface area contributed by atoms with Gasteiger partial charge in [-0.3, -0.25) is 4.79 Å². The average Bonchev–Trinajstić information content (AvgIpc) is 3.52. The molecule has 0 N–H and O–H groups in total. The lowest BCUT2D eigenvalue weighted by molar-refractivity contribution is -0.127. The molecule has 1 aromatic carbocycles. The topological polar surface area (TPSA) is 47.4 Å². The molecule has 0 radical (unpaired) electrons. The summed E-state index contributed by atoms with van der Waals surface area (Å²) in [6.45, 7) is 2.36. The van der Waals surface area contributed by atoms with Crippen molar-refractivity contribution >= 4 is 34.4 Å². The highest BCUT2D eigenvalue weighted by Gasteiger charge is 2.30. The van der Waals surface area contributed by atoms with Crippen molar-refractivity contribution in [2.24, 2.45) is 0 Å². The maximum atomic E-state index is 12.6. The summed E-state index contributed by atoms with van der Waals surface area (Å²) in [5, 5.41) is 2.02. The minimum absolute atomic E-state index is 0.0933. The largest absolute Gasteiger partial charge is 0.370 e. The minimum Gasteiger partial charge on any atom is -0.370 e. The summed E-state index contributed by atoms with van der Waals surface area (Å²) in [5.74, 6) is 1.16. The van der Waals surface area contributed by atoms with Crippen molar-refractivity contribution in [3.05, 3.63) is 58.6 Å². The highest BCUT2D eigenvalue weighted by atomic mass is 32.1. The highest BCUT2D eigenvalue weighted by Crippen LogP contribution is 2.35. The number of piperidine rings is 1. The Morgan fingerprint density at radius 3 is 2.76 bits per heavy atom. The molecule has 1 atom stereocenters. The second-order valence-corrected chi connectivity index (χ2v) is 8.71. The number of rotatable bonds is 4. The van der Waals surface area contributed by atoms with Crippen molar-refractivity contribution in [1.82, 2.24) is 14.5 Å². The molecular formula is C23H25N3O2S. The molecule has 29 heavy (non-hydrogen) atoms. The molecule has 3 aromatic rings. The third kappa shape index (κ3) is 3.74. The lowest BCUT2D eigenvalue weighted by Gasteiger charge is -2.33. The van der Waals surface area contributed by atoms with Crippen LogP contribution in [0.3, 0.4) is 0 Å². The van der Waals surface area contributed by atoms with Crippen molar-refractivity contribution in [2.45, 2.75) is 37.8 Å². The van der Waals surface area contributed by atoms with Crippen LogP contribution in [0.2, 0.25) is 0 Å². The quantitative estimate of drug-likeness (QED) is 0.582. The van der Waals surface area contributed by atoms with E-state index >= 15 is 0 Å². The lowest BCUT2D eigenvalue weighted by atomic mass is 10.0. The molecule has 2 aliphatic heterocycles. The van der Waals surface area contributed by atoms with Gasteiger partial charge in [-0.2, -0.15) is 0 Å². The molecule has 0 aliphatic carbocycles. The molecule has 2 aliphatic rings. The summed E-state index contributed by atoms with van der Waals surface area (Å²) >= 11 is 1.65. The first-order valence-electron chi connectivity index (χ1n) is 10.4. The summed E-state index contributed by atoms with van der Waals surface area (Å²) < 4.78 is 8.37. The Balaban J connectivity index is 1.33. The number of benzene rings is 1. The van der Waals surface area contributed by atoms with Crippen molar-refractivity contribution in [3.8, 4) is 0 Å². The molecule has 2 aromatic heterocycles. The van der Waals surface area contributed by atoms with Crippen LogP contribution in [-0.4, -0.2) is 40.1 Å². The molecule has 2 fully saturated rings. The van der Waals surface area contributed by atoms with E-state index < -0.39 is 0 Å². The van der Waals surface area contributed by atoms with Gasteiger partial charge in [0.05, 0.1) is 11.0 Å². The first-order valence-corrected chi connectivity index (χ1v) is 11.3.